The molecule has 0 aliphatic carbocycles. The number of nitrogens with one attached hydrogen (secondary N) is 1. The molecule has 0 aliphatic heterocycles. The minimum absolute atomic E-state index is 0.258. The number of halogens is 1. The Labute approximate surface area is 212 Å². The van der Waals surface area contributed by atoms with Gasteiger partial charge in [0.2, 0.25) is 0 Å². The molecule has 6 N–H and O–H groups in total. The predicted octanol–water partition coefficient (Wildman–Crippen LogP) is 1.09. The minimum atomic E-state index is -2.27. The zero-order chi connectivity index (χ0) is 26.2. The van der Waals surface area contributed by atoms with E-state index in [9.17, 15) is 14.7 Å². The van der Waals surface area contributed by atoms with Crippen LogP contribution in [0.3, 0.4) is 0 Å². The first-order chi connectivity index (χ1) is 16.6. The van der Waals surface area contributed by atoms with Crippen LogP contribution in [0, 0.1) is 0 Å². The van der Waals surface area contributed by atoms with Crippen LogP contribution in [-0.2, 0) is 27.2 Å². The van der Waals surface area contributed by atoms with Gasteiger partial charge in [0.25, 0.3) is 0 Å². The smallest absolute Gasteiger partial charge is 0.335 e. The summed E-state index contributed by atoms with van der Waals surface area (Å²) in [4.78, 5) is 19.5. The first kappa shape index (κ1) is 30.5. The first-order valence-corrected chi connectivity index (χ1v) is 11.6. The summed E-state index contributed by atoms with van der Waals surface area (Å²) in [5, 5.41) is 45.8. The van der Waals surface area contributed by atoms with Gasteiger partial charge in [0, 0.05) is 13.7 Å². The summed E-state index contributed by atoms with van der Waals surface area (Å²) in [6.07, 6.45) is -3.27. The Hall–Kier alpha value is -2.54. The summed E-state index contributed by atoms with van der Waals surface area (Å²) in [5.74, 6) is -2.80. The van der Waals surface area contributed by atoms with Gasteiger partial charge in [-0.3, -0.25) is 0 Å². The zero-order valence-electron chi connectivity index (χ0n) is 19.3. The number of ether oxygens (including phenoxy) is 2. The highest BCUT2D eigenvalue weighted by Crippen LogP contribution is 2.26. The summed E-state index contributed by atoms with van der Waals surface area (Å²) in [6, 6.07) is 16.3. The molecule has 0 amide bonds. The quantitative estimate of drug-likeness (QED) is 0.185. The van der Waals surface area contributed by atoms with Gasteiger partial charge in [-0.1, -0.05) is 36.4 Å². The predicted molar refractivity (Wildman–Crippen MR) is 132 cm³/mol. The number of methoxy groups -OCH3 is 1. The van der Waals surface area contributed by atoms with Crippen molar-refractivity contribution >= 4 is 27.9 Å². The van der Waals surface area contributed by atoms with Crippen molar-refractivity contribution in [1.29, 1.82) is 0 Å². The summed E-state index contributed by atoms with van der Waals surface area (Å²) >= 11 is 3.52. The molecule has 0 radical (unpaired) electrons. The fourth-order valence-corrected chi connectivity index (χ4v) is 3.24. The van der Waals surface area contributed by atoms with Crippen molar-refractivity contribution in [2.24, 2.45) is 0 Å². The number of carboxylic acids is 2. The standard InChI is InChI=1S/C20H26BrNO3.C4H6O6/c1-24-12-10-17-7-8-20(19(21)13-17)25-15-18(23)14-22-11-9-16-5-3-2-4-6-16;5-1(3(7)8)2(6)4(9)10/h2-8,13,18,22-23H,9-12,14-15H2,1H3;1-2,5-6H,(H,7,8)(H,9,10)/t;1-,2-/m.1/s1. The molecule has 0 saturated carbocycles. The highest BCUT2D eigenvalue weighted by atomic mass is 79.9. The van der Waals surface area contributed by atoms with E-state index in [1.54, 1.807) is 7.11 Å². The van der Waals surface area contributed by atoms with E-state index < -0.39 is 30.3 Å². The Balaban J connectivity index is 0.000000518. The lowest BCUT2D eigenvalue weighted by molar-refractivity contribution is -0.165. The molecule has 2 aromatic rings. The van der Waals surface area contributed by atoms with Crippen LogP contribution < -0.4 is 10.1 Å². The van der Waals surface area contributed by atoms with E-state index in [1.165, 1.54) is 11.1 Å². The Bertz CT molecular complexity index is 880. The third-order valence-electron chi connectivity index (χ3n) is 4.64. The van der Waals surface area contributed by atoms with E-state index in [2.05, 4.69) is 33.4 Å². The van der Waals surface area contributed by atoms with Crippen LogP contribution in [0.2, 0.25) is 0 Å². The van der Waals surface area contributed by atoms with Crippen molar-refractivity contribution < 1.29 is 44.6 Å². The number of aliphatic carboxylic acids is 2. The lowest BCUT2D eigenvalue weighted by atomic mass is 10.1. The van der Waals surface area contributed by atoms with Gasteiger partial charge in [-0.25, -0.2) is 9.59 Å². The lowest BCUT2D eigenvalue weighted by Gasteiger charge is -2.15. The fraction of sp³-hybridized carbons (Fsp3) is 0.417. The number of aliphatic hydroxyl groups is 3. The van der Waals surface area contributed by atoms with Gasteiger partial charge in [0.1, 0.15) is 18.5 Å². The molecule has 0 bridgehead atoms. The van der Waals surface area contributed by atoms with Gasteiger partial charge < -0.3 is 40.3 Å². The maximum Gasteiger partial charge on any atom is 0.335 e. The average Bonchev–Trinajstić information content (AvgIpc) is 2.84. The van der Waals surface area contributed by atoms with Crippen LogP contribution >= 0.6 is 15.9 Å². The van der Waals surface area contributed by atoms with Crippen LogP contribution in [0.25, 0.3) is 0 Å². The van der Waals surface area contributed by atoms with E-state index in [-0.39, 0.29) is 6.61 Å². The van der Waals surface area contributed by atoms with Crippen LogP contribution in [0.4, 0.5) is 0 Å². The van der Waals surface area contributed by atoms with Crippen molar-refractivity contribution in [3.05, 3.63) is 64.1 Å². The molecule has 35 heavy (non-hydrogen) atoms. The minimum Gasteiger partial charge on any atom is -0.490 e. The lowest BCUT2D eigenvalue weighted by Crippen LogP contribution is -2.39. The molecular formula is C24H32BrNO9. The van der Waals surface area contributed by atoms with Crippen molar-refractivity contribution in [2.45, 2.75) is 31.2 Å². The van der Waals surface area contributed by atoms with Crippen LogP contribution in [0.1, 0.15) is 11.1 Å². The number of hydrogen-bond donors (Lipinski definition) is 6. The third kappa shape index (κ3) is 12.6. The van der Waals surface area contributed by atoms with Crippen LogP contribution in [-0.4, -0.2) is 89.2 Å². The summed E-state index contributed by atoms with van der Waals surface area (Å²) in [7, 11) is 1.70. The zero-order valence-corrected chi connectivity index (χ0v) is 20.9. The molecule has 0 aliphatic rings. The molecule has 0 heterocycles. The Morgan fingerprint density at radius 3 is 2.11 bits per heavy atom. The fourth-order valence-electron chi connectivity index (χ4n) is 2.70. The Kier molecular flexibility index (Phi) is 14.8. The molecule has 11 heteroatoms. The maximum atomic E-state index is 10.0. The molecule has 2 aromatic carbocycles. The normalized spacial score (nSPS) is 13.2. The van der Waals surface area contributed by atoms with E-state index in [0.717, 1.165) is 29.6 Å². The maximum absolute atomic E-state index is 10.0. The highest BCUT2D eigenvalue weighted by molar-refractivity contribution is 9.10. The van der Waals surface area contributed by atoms with E-state index in [4.69, 9.17) is 29.9 Å². The van der Waals surface area contributed by atoms with E-state index >= 15 is 0 Å². The molecule has 194 valence electrons. The number of aliphatic hydroxyl groups excluding tert-OH is 3. The molecule has 2 rings (SSSR count). The van der Waals surface area contributed by atoms with Gasteiger partial charge in [-0.15, -0.1) is 0 Å². The second kappa shape index (κ2) is 17.0. The van der Waals surface area contributed by atoms with Crippen molar-refractivity contribution in [3.8, 4) is 5.75 Å². The topological polar surface area (TPSA) is 166 Å². The average molecular weight is 558 g/mol. The van der Waals surface area contributed by atoms with Gasteiger partial charge in [-0.2, -0.15) is 0 Å². The number of carboxylic acid groups (broad SMARTS) is 2. The van der Waals surface area contributed by atoms with Gasteiger partial charge in [0.15, 0.2) is 12.2 Å². The molecular weight excluding hydrogens is 526 g/mol. The number of rotatable bonds is 14. The molecule has 0 aromatic heterocycles. The van der Waals surface area contributed by atoms with Gasteiger partial charge >= 0.3 is 11.9 Å². The number of benzene rings is 2. The highest BCUT2D eigenvalue weighted by Gasteiger charge is 2.29. The van der Waals surface area contributed by atoms with Gasteiger partial charge in [0.05, 0.1) is 11.1 Å². The molecule has 1 unspecified atom stereocenters. The van der Waals surface area contributed by atoms with Crippen molar-refractivity contribution in [3.63, 3.8) is 0 Å². The van der Waals surface area contributed by atoms with E-state index in [0.29, 0.717) is 13.2 Å². The second-order valence-corrected chi connectivity index (χ2v) is 8.33. The number of carbonyl (C=O) groups is 2. The van der Waals surface area contributed by atoms with Crippen LogP contribution in [0.15, 0.2) is 53.0 Å². The van der Waals surface area contributed by atoms with Crippen molar-refractivity contribution in [1.82, 2.24) is 5.32 Å². The van der Waals surface area contributed by atoms with E-state index in [1.807, 2.05) is 36.4 Å². The largest absolute Gasteiger partial charge is 0.490 e. The molecule has 0 fully saturated rings. The van der Waals surface area contributed by atoms with Gasteiger partial charge in [-0.05, 0) is 58.6 Å². The monoisotopic (exact) mass is 557 g/mol. The summed E-state index contributed by atoms with van der Waals surface area (Å²) in [6.45, 7) is 2.30. The SMILES string of the molecule is COCCc1ccc(OCC(O)CNCCc2ccccc2)c(Br)c1.O=C(O)[C@H](O)[C@@H](O)C(=O)O. The van der Waals surface area contributed by atoms with Crippen LogP contribution in [0.5, 0.6) is 5.75 Å². The number of hydrogen-bond acceptors (Lipinski definition) is 8. The van der Waals surface area contributed by atoms with Crippen molar-refractivity contribution in [2.75, 3.05) is 33.4 Å². The summed E-state index contributed by atoms with van der Waals surface area (Å²) in [5.41, 5.74) is 2.47. The Morgan fingerprint density at radius 1 is 0.943 bits per heavy atom. The first-order valence-electron chi connectivity index (χ1n) is 10.8. The molecule has 10 nitrogen and oxygen atoms in total. The molecule has 0 saturated heterocycles. The molecule has 0 spiro atoms. The third-order valence-corrected chi connectivity index (χ3v) is 5.26. The summed E-state index contributed by atoms with van der Waals surface area (Å²) < 4.78 is 11.7. The second-order valence-electron chi connectivity index (χ2n) is 7.48. The Morgan fingerprint density at radius 2 is 1.57 bits per heavy atom. The molecule has 3 atom stereocenters.